The largest absolute Gasteiger partial charge is 0.0853 e. The summed E-state index contributed by atoms with van der Waals surface area (Å²) in [6.45, 7) is 6.88. The molecule has 120 valence electrons. The van der Waals surface area contributed by atoms with Crippen LogP contribution in [0, 0.1) is 0 Å². The van der Waals surface area contributed by atoms with Gasteiger partial charge >= 0.3 is 0 Å². The minimum Gasteiger partial charge on any atom is -0.0853 e. The lowest BCUT2D eigenvalue weighted by molar-refractivity contribution is 0.561. The van der Waals surface area contributed by atoms with Gasteiger partial charge in [-0.15, -0.1) is 0 Å². The van der Waals surface area contributed by atoms with Crippen LogP contribution in [0.15, 0.2) is 11.6 Å². The molecule has 0 radical (unpaired) electrons. The summed E-state index contributed by atoms with van der Waals surface area (Å²) < 4.78 is 0. The lowest BCUT2D eigenvalue weighted by atomic mass is 9.99. The zero-order valence-corrected chi connectivity index (χ0v) is 14.7. The van der Waals surface area contributed by atoms with E-state index in [9.17, 15) is 0 Å². The van der Waals surface area contributed by atoms with Crippen LogP contribution in [-0.4, -0.2) is 0 Å². The van der Waals surface area contributed by atoms with E-state index in [4.69, 9.17) is 0 Å². The highest BCUT2D eigenvalue weighted by Crippen LogP contribution is 2.18. The predicted molar refractivity (Wildman–Crippen MR) is 94.4 cm³/mol. The first-order chi connectivity index (χ1) is 9.85. The summed E-state index contributed by atoms with van der Waals surface area (Å²) in [5, 5.41) is 0. The molecule has 0 heterocycles. The number of rotatable bonds is 15. The third kappa shape index (κ3) is 14.2. The van der Waals surface area contributed by atoms with Crippen LogP contribution in [0.2, 0.25) is 0 Å². The standard InChI is InChI=1S/C20H40/c1-4-7-10-11-12-13-14-15-16-19-20(17-8-5-2)18-9-6-3/h17H,4-16,18-19H2,1-3H3/b20-17-. The van der Waals surface area contributed by atoms with Crippen molar-refractivity contribution in [1.82, 2.24) is 0 Å². The Morgan fingerprint density at radius 1 is 0.550 bits per heavy atom. The highest BCUT2D eigenvalue weighted by Gasteiger charge is 1.98. The smallest absolute Gasteiger partial charge is 0.0320 e. The Hall–Kier alpha value is -0.260. The molecular weight excluding hydrogens is 240 g/mol. The average molecular weight is 281 g/mol. The molecule has 0 bridgehead atoms. The third-order valence-electron chi connectivity index (χ3n) is 4.17. The Balaban J connectivity index is 3.48. The molecule has 0 aliphatic heterocycles. The molecule has 0 saturated carbocycles. The van der Waals surface area contributed by atoms with Crippen molar-refractivity contribution in [2.24, 2.45) is 0 Å². The van der Waals surface area contributed by atoms with Gasteiger partial charge in [0.1, 0.15) is 0 Å². The predicted octanol–water partition coefficient (Wildman–Crippen LogP) is 7.82. The Kier molecular flexibility index (Phi) is 16.6. The van der Waals surface area contributed by atoms with E-state index in [1.807, 2.05) is 0 Å². The lowest BCUT2D eigenvalue weighted by Gasteiger charge is -2.07. The van der Waals surface area contributed by atoms with Gasteiger partial charge in [-0.05, 0) is 32.1 Å². The maximum absolute atomic E-state index is 2.53. The molecule has 0 fully saturated rings. The van der Waals surface area contributed by atoms with Crippen molar-refractivity contribution < 1.29 is 0 Å². The molecule has 0 heteroatoms. The van der Waals surface area contributed by atoms with Gasteiger partial charge in [0, 0.05) is 0 Å². The van der Waals surface area contributed by atoms with Gasteiger partial charge in [-0.3, -0.25) is 0 Å². The van der Waals surface area contributed by atoms with Crippen molar-refractivity contribution in [3.63, 3.8) is 0 Å². The number of allylic oxidation sites excluding steroid dienone is 2. The first-order valence-electron chi connectivity index (χ1n) is 9.53. The van der Waals surface area contributed by atoms with Crippen LogP contribution in [0.5, 0.6) is 0 Å². The van der Waals surface area contributed by atoms with Gasteiger partial charge in [-0.1, -0.05) is 96.6 Å². The van der Waals surface area contributed by atoms with Crippen LogP contribution >= 0.6 is 0 Å². The Labute approximate surface area is 129 Å². The molecule has 0 unspecified atom stereocenters. The molecule has 0 spiro atoms. The Morgan fingerprint density at radius 3 is 1.60 bits per heavy atom. The number of hydrogen-bond acceptors (Lipinski definition) is 0. The van der Waals surface area contributed by atoms with Crippen molar-refractivity contribution in [2.75, 3.05) is 0 Å². The van der Waals surface area contributed by atoms with E-state index in [0.29, 0.717) is 0 Å². The topological polar surface area (TPSA) is 0 Å². The Morgan fingerprint density at radius 2 is 1.05 bits per heavy atom. The summed E-state index contributed by atoms with van der Waals surface area (Å²) >= 11 is 0. The quantitative estimate of drug-likeness (QED) is 0.212. The van der Waals surface area contributed by atoms with Crippen LogP contribution < -0.4 is 0 Å². The van der Waals surface area contributed by atoms with E-state index in [0.717, 1.165) is 0 Å². The molecular formula is C20H40. The van der Waals surface area contributed by atoms with Crippen LogP contribution in [0.4, 0.5) is 0 Å². The molecule has 0 N–H and O–H groups in total. The molecule has 20 heavy (non-hydrogen) atoms. The highest BCUT2D eigenvalue weighted by atomic mass is 14.0. The second kappa shape index (κ2) is 16.8. The molecule has 0 aromatic rings. The third-order valence-corrected chi connectivity index (χ3v) is 4.17. The fraction of sp³-hybridized carbons (Fsp3) is 0.900. The van der Waals surface area contributed by atoms with Crippen LogP contribution in [-0.2, 0) is 0 Å². The summed E-state index contributed by atoms with van der Waals surface area (Å²) in [6.07, 6.45) is 23.5. The van der Waals surface area contributed by atoms with E-state index >= 15 is 0 Å². The molecule has 0 amide bonds. The molecule has 0 rings (SSSR count). The number of unbranched alkanes of at least 4 members (excludes halogenated alkanes) is 10. The zero-order valence-electron chi connectivity index (χ0n) is 14.7. The summed E-state index contributed by atoms with van der Waals surface area (Å²) in [5.41, 5.74) is 1.75. The van der Waals surface area contributed by atoms with Crippen molar-refractivity contribution in [3.8, 4) is 0 Å². The second-order valence-electron chi connectivity index (χ2n) is 6.33. The first kappa shape index (κ1) is 19.7. The summed E-state index contributed by atoms with van der Waals surface area (Å²) in [7, 11) is 0. The van der Waals surface area contributed by atoms with Crippen molar-refractivity contribution in [1.29, 1.82) is 0 Å². The second-order valence-corrected chi connectivity index (χ2v) is 6.33. The van der Waals surface area contributed by atoms with Crippen molar-refractivity contribution in [3.05, 3.63) is 11.6 Å². The zero-order chi connectivity index (χ0) is 14.9. The molecule has 0 aromatic carbocycles. The Bertz CT molecular complexity index is 202. The van der Waals surface area contributed by atoms with Gasteiger partial charge in [-0.25, -0.2) is 0 Å². The van der Waals surface area contributed by atoms with E-state index < -0.39 is 0 Å². The van der Waals surface area contributed by atoms with Crippen molar-refractivity contribution >= 4 is 0 Å². The van der Waals surface area contributed by atoms with E-state index in [-0.39, 0.29) is 0 Å². The van der Waals surface area contributed by atoms with Crippen molar-refractivity contribution in [2.45, 2.75) is 117 Å². The monoisotopic (exact) mass is 280 g/mol. The minimum absolute atomic E-state index is 1.29. The van der Waals surface area contributed by atoms with Gasteiger partial charge in [0.2, 0.25) is 0 Å². The fourth-order valence-corrected chi connectivity index (χ4v) is 2.74. The fourth-order valence-electron chi connectivity index (χ4n) is 2.74. The molecule has 0 nitrogen and oxygen atoms in total. The average Bonchev–Trinajstić information content (AvgIpc) is 2.47. The van der Waals surface area contributed by atoms with Crippen LogP contribution in [0.3, 0.4) is 0 Å². The normalized spacial score (nSPS) is 12.1. The summed E-state index contributed by atoms with van der Waals surface area (Å²) in [5.74, 6) is 0. The SMILES string of the molecule is CCC/C=C(/CCCC)CCCCCCCCCCC. The van der Waals surface area contributed by atoms with E-state index in [2.05, 4.69) is 26.8 Å². The highest BCUT2D eigenvalue weighted by molar-refractivity contribution is 5.01. The lowest BCUT2D eigenvalue weighted by Crippen LogP contribution is -1.87. The van der Waals surface area contributed by atoms with Gasteiger partial charge in [0.05, 0.1) is 0 Å². The molecule has 0 aromatic heterocycles. The summed E-state index contributed by atoms with van der Waals surface area (Å²) in [6, 6.07) is 0. The van der Waals surface area contributed by atoms with Crippen LogP contribution in [0.1, 0.15) is 117 Å². The van der Waals surface area contributed by atoms with Gasteiger partial charge in [0.25, 0.3) is 0 Å². The van der Waals surface area contributed by atoms with Gasteiger partial charge in [0.15, 0.2) is 0 Å². The summed E-state index contributed by atoms with van der Waals surface area (Å²) in [4.78, 5) is 0. The molecule has 0 aliphatic carbocycles. The minimum atomic E-state index is 1.29. The van der Waals surface area contributed by atoms with Crippen LogP contribution in [0.25, 0.3) is 0 Å². The maximum atomic E-state index is 2.53. The number of hydrogen-bond donors (Lipinski definition) is 0. The van der Waals surface area contributed by atoms with Gasteiger partial charge in [-0.2, -0.15) is 0 Å². The maximum Gasteiger partial charge on any atom is -0.0320 e. The van der Waals surface area contributed by atoms with E-state index in [1.54, 1.807) is 5.57 Å². The van der Waals surface area contributed by atoms with Gasteiger partial charge < -0.3 is 0 Å². The molecule has 0 aliphatic rings. The molecule has 0 atom stereocenters. The van der Waals surface area contributed by atoms with E-state index in [1.165, 1.54) is 96.3 Å². The first-order valence-corrected chi connectivity index (χ1v) is 9.53. The molecule has 0 saturated heterocycles.